The van der Waals surface area contributed by atoms with Crippen molar-refractivity contribution in [1.82, 2.24) is 10.6 Å². The van der Waals surface area contributed by atoms with Crippen LogP contribution in [0.25, 0.3) is 0 Å². The number of amides is 2. The normalized spacial score (nSPS) is 31.4. The summed E-state index contributed by atoms with van der Waals surface area (Å²) in [4.78, 5) is 22.7. The fourth-order valence-electron chi connectivity index (χ4n) is 2.11. The van der Waals surface area contributed by atoms with Crippen molar-refractivity contribution in [2.45, 2.75) is 38.1 Å². The zero-order valence-corrected chi connectivity index (χ0v) is 8.38. The van der Waals surface area contributed by atoms with Crippen molar-refractivity contribution in [2.24, 2.45) is 5.92 Å². The maximum absolute atomic E-state index is 11.6. The Hall–Kier alpha value is -1.06. The summed E-state index contributed by atoms with van der Waals surface area (Å²) in [5.41, 5.74) is -0.646. The number of nitrogens with zero attached hydrogens (tertiary/aromatic N) is 1. The predicted octanol–water partition coefficient (Wildman–Crippen LogP) is 0.196. The molecule has 1 heterocycles. The summed E-state index contributed by atoms with van der Waals surface area (Å²) >= 11 is 0. The summed E-state index contributed by atoms with van der Waals surface area (Å²) in [6, 6.07) is 0. The maximum atomic E-state index is 11.6. The van der Waals surface area contributed by atoms with Gasteiger partial charge in [-0.25, -0.2) is 5.32 Å². The van der Waals surface area contributed by atoms with Crippen LogP contribution >= 0.6 is 0 Å². The molecule has 0 spiro atoms. The van der Waals surface area contributed by atoms with E-state index in [0.717, 1.165) is 6.42 Å². The smallest absolute Gasteiger partial charge is 0.266 e. The lowest BCUT2D eigenvalue weighted by atomic mass is 9.90. The molecular weight excluding hydrogens is 180 g/mol. The number of carbonyl (C=O) groups excluding carboxylic acids is 2. The molecular formula is C10H15N2O2. The van der Waals surface area contributed by atoms with Crippen molar-refractivity contribution in [3.63, 3.8) is 0 Å². The molecule has 1 atom stereocenters. The van der Waals surface area contributed by atoms with Gasteiger partial charge in [-0.15, -0.1) is 0 Å². The molecule has 4 nitrogen and oxygen atoms in total. The standard InChI is InChI=1S/C10H15N2O2/c1-7(13)12-10(6-8-2-3-8)4-5-11-9(10)14/h8H,2-6H2,1H3,(H,12,13). The first-order valence-electron chi connectivity index (χ1n) is 5.13. The third-order valence-electron chi connectivity index (χ3n) is 2.95. The minimum atomic E-state index is -0.646. The highest BCUT2D eigenvalue weighted by atomic mass is 16.2. The van der Waals surface area contributed by atoms with Crippen molar-refractivity contribution in [3.05, 3.63) is 0 Å². The Morgan fingerprint density at radius 2 is 2.36 bits per heavy atom. The van der Waals surface area contributed by atoms with E-state index >= 15 is 0 Å². The molecule has 2 amide bonds. The van der Waals surface area contributed by atoms with E-state index in [4.69, 9.17) is 0 Å². The lowest BCUT2D eigenvalue weighted by Gasteiger charge is -2.26. The first-order chi connectivity index (χ1) is 6.62. The van der Waals surface area contributed by atoms with Gasteiger partial charge in [0.25, 0.3) is 5.91 Å². The average Bonchev–Trinajstić information content (AvgIpc) is 2.80. The predicted molar refractivity (Wildman–Crippen MR) is 50.5 cm³/mol. The largest absolute Gasteiger partial charge is 0.342 e. The second kappa shape index (κ2) is 3.26. The highest BCUT2D eigenvalue weighted by molar-refractivity contribution is 5.92. The van der Waals surface area contributed by atoms with Gasteiger partial charge in [-0.1, -0.05) is 12.8 Å². The van der Waals surface area contributed by atoms with Crippen LogP contribution in [0, 0.1) is 5.92 Å². The first-order valence-corrected chi connectivity index (χ1v) is 5.13. The van der Waals surface area contributed by atoms with E-state index in [1.165, 1.54) is 19.8 Å². The van der Waals surface area contributed by atoms with Gasteiger partial charge in [0.2, 0.25) is 5.91 Å². The van der Waals surface area contributed by atoms with E-state index in [1.807, 2.05) is 0 Å². The van der Waals surface area contributed by atoms with Gasteiger partial charge in [0.15, 0.2) is 0 Å². The van der Waals surface area contributed by atoms with Crippen molar-refractivity contribution in [1.29, 1.82) is 0 Å². The Labute approximate surface area is 83.4 Å². The van der Waals surface area contributed by atoms with Gasteiger partial charge in [-0.05, 0) is 18.8 Å². The highest BCUT2D eigenvalue weighted by Crippen LogP contribution is 2.39. The molecule has 1 radical (unpaired) electrons. The van der Waals surface area contributed by atoms with Gasteiger partial charge in [0, 0.05) is 13.5 Å². The average molecular weight is 195 g/mol. The molecule has 1 aliphatic heterocycles. The Morgan fingerprint density at radius 1 is 1.64 bits per heavy atom. The summed E-state index contributed by atoms with van der Waals surface area (Å²) in [7, 11) is 0. The van der Waals surface area contributed by atoms with Crippen LogP contribution < -0.4 is 10.6 Å². The van der Waals surface area contributed by atoms with Crippen LogP contribution in [0.2, 0.25) is 0 Å². The molecule has 2 fully saturated rings. The number of hydrogen-bond donors (Lipinski definition) is 1. The maximum Gasteiger partial charge on any atom is 0.266 e. The number of nitrogens with one attached hydrogen (secondary N) is 1. The van der Waals surface area contributed by atoms with Crippen molar-refractivity contribution in [3.8, 4) is 0 Å². The van der Waals surface area contributed by atoms with Gasteiger partial charge in [0.1, 0.15) is 5.54 Å². The highest BCUT2D eigenvalue weighted by Gasteiger charge is 2.47. The topological polar surface area (TPSA) is 60.3 Å². The lowest BCUT2D eigenvalue weighted by Crippen LogP contribution is -2.52. The monoisotopic (exact) mass is 195 g/mol. The SMILES string of the molecule is CC(=O)NC1(CC2CC2)CC[N]C1=O. The first kappa shape index (κ1) is 9.49. The van der Waals surface area contributed by atoms with E-state index in [1.54, 1.807) is 0 Å². The fraction of sp³-hybridized carbons (Fsp3) is 0.800. The molecule has 1 aliphatic carbocycles. The quantitative estimate of drug-likeness (QED) is 0.699. The van der Waals surface area contributed by atoms with Gasteiger partial charge in [-0.3, -0.25) is 9.59 Å². The minimum absolute atomic E-state index is 0.125. The van der Waals surface area contributed by atoms with Crippen LogP contribution in [-0.4, -0.2) is 23.9 Å². The molecule has 0 bridgehead atoms. The van der Waals surface area contributed by atoms with E-state index in [2.05, 4.69) is 10.6 Å². The van der Waals surface area contributed by atoms with Gasteiger partial charge < -0.3 is 5.32 Å². The molecule has 0 aromatic carbocycles. The van der Waals surface area contributed by atoms with Crippen LogP contribution in [0.3, 0.4) is 0 Å². The second-order valence-corrected chi connectivity index (χ2v) is 4.35. The van der Waals surface area contributed by atoms with Crippen LogP contribution in [0.4, 0.5) is 0 Å². The second-order valence-electron chi connectivity index (χ2n) is 4.35. The van der Waals surface area contributed by atoms with Gasteiger partial charge in [-0.2, -0.15) is 0 Å². The molecule has 1 saturated carbocycles. The van der Waals surface area contributed by atoms with E-state index < -0.39 is 5.54 Å². The van der Waals surface area contributed by atoms with E-state index in [0.29, 0.717) is 18.9 Å². The molecule has 1 saturated heterocycles. The van der Waals surface area contributed by atoms with Crippen LogP contribution in [0.15, 0.2) is 0 Å². The number of carbonyl (C=O) groups is 2. The summed E-state index contributed by atoms with van der Waals surface area (Å²) in [6.45, 7) is 2.02. The Balaban J connectivity index is 2.09. The van der Waals surface area contributed by atoms with Crippen LogP contribution in [0.5, 0.6) is 0 Å². The minimum Gasteiger partial charge on any atom is -0.342 e. The molecule has 77 valence electrons. The molecule has 0 aromatic rings. The molecule has 4 heteroatoms. The lowest BCUT2D eigenvalue weighted by molar-refractivity contribution is -0.131. The fourth-order valence-corrected chi connectivity index (χ4v) is 2.11. The Bertz CT molecular complexity index is 273. The summed E-state index contributed by atoms with van der Waals surface area (Å²) < 4.78 is 0. The van der Waals surface area contributed by atoms with Gasteiger partial charge in [0.05, 0.1) is 0 Å². The molecule has 1 unspecified atom stereocenters. The zero-order chi connectivity index (χ0) is 10.2. The third kappa shape index (κ3) is 1.74. The molecule has 1 N–H and O–H groups in total. The molecule has 14 heavy (non-hydrogen) atoms. The summed E-state index contributed by atoms with van der Waals surface area (Å²) in [5.74, 6) is 0.370. The van der Waals surface area contributed by atoms with Gasteiger partial charge >= 0.3 is 0 Å². The van der Waals surface area contributed by atoms with Crippen molar-refractivity contribution in [2.75, 3.05) is 6.54 Å². The summed E-state index contributed by atoms with van der Waals surface area (Å²) in [6.07, 6.45) is 3.85. The number of rotatable bonds is 3. The molecule has 2 aliphatic rings. The Morgan fingerprint density at radius 3 is 2.79 bits per heavy atom. The summed E-state index contributed by atoms with van der Waals surface area (Å²) in [5, 5.41) is 6.66. The molecule has 0 aromatic heterocycles. The third-order valence-corrected chi connectivity index (χ3v) is 2.95. The van der Waals surface area contributed by atoms with E-state index in [-0.39, 0.29) is 11.8 Å². The molecule has 2 rings (SSSR count). The van der Waals surface area contributed by atoms with E-state index in [9.17, 15) is 9.59 Å². The van der Waals surface area contributed by atoms with Crippen LogP contribution in [0.1, 0.15) is 32.6 Å². The zero-order valence-electron chi connectivity index (χ0n) is 8.38. The van der Waals surface area contributed by atoms with Crippen molar-refractivity contribution < 1.29 is 9.59 Å². The van der Waals surface area contributed by atoms with Crippen molar-refractivity contribution >= 4 is 11.8 Å². The Kier molecular flexibility index (Phi) is 2.21. The van der Waals surface area contributed by atoms with Crippen LogP contribution in [-0.2, 0) is 9.59 Å². The number of hydrogen-bond acceptors (Lipinski definition) is 2.